The lowest BCUT2D eigenvalue weighted by Crippen LogP contribution is -2.29. The van der Waals surface area contributed by atoms with E-state index in [0.717, 1.165) is 13.2 Å². The number of carbonyl (C=O) groups excluding carboxylic acids is 1. The zero-order valence-corrected chi connectivity index (χ0v) is 30.3. The molecule has 0 spiro atoms. The number of amides is 1. The van der Waals surface area contributed by atoms with E-state index in [9.17, 15) is 4.79 Å². The fraction of sp³-hybridized carbons (Fsp3) is 0.875. The van der Waals surface area contributed by atoms with Crippen LogP contribution in [0.1, 0.15) is 201 Å². The van der Waals surface area contributed by atoms with E-state index in [1.165, 1.54) is 180 Å². The largest absolute Gasteiger partial charge is 0.381 e. The second kappa shape index (κ2) is 44.0. The maximum absolute atomic E-state index is 10.2. The Kier molecular flexibility index (Phi) is 45.0. The molecule has 1 amide bonds. The summed E-state index contributed by atoms with van der Waals surface area (Å²) in [6.07, 6.45) is 48.1. The molecule has 0 aliphatic heterocycles. The Balaban J connectivity index is 0. The number of nitrogens with one attached hydrogen (secondary N) is 1. The molecule has 4 heteroatoms. The first-order chi connectivity index (χ1) is 21.7. The minimum absolute atomic E-state index is 0.0911. The van der Waals surface area contributed by atoms with Crippen LogP contribution in [0.25, 0.3) is 0 Å². The number of nitrogens with two attached hydrogens (primary N) is 1. The third-order valence-electron chi connectivity index (χ3n) is 8.16. The van der Waals surface area contributed by atoms with Crippen molar-refractivity contribution in [3.05, 3.63) is 24.3 Å². The quantitative estimate of drug-likeness (QED) is 0.0555. The summed E-state index contributed by atoms with van der Waals surface area (Å²) in [5, 5.41) is 2.53. The van der Waals surface area contributed by atoms with Crippen LogP contribution in [0.2, 0.25) is 0 Å². The van der Waals surface area contributed by atoms with E-state index in [-0.39, 0.29) is 12.5 Å². The number of likely N-dealkylation sites (N-methyl/N-ethyl adjacent to an activating group) is 1. The van der Waals surface area contributed by atoms with Crippen LogP contribution in [0.4, 0.5) is 0 Å². The molecule has 0 rings (SSSR count). The van der Waals surface area contributed by atoms with Gasteiger partial charge in [-0.05, 0) is 71.1 Å². The highest BCUT2D eigenvalue weighted by molar-refractivity contribution is 5.77. The average Bonchev–Trinajstić information content (AvgIpc) is 3.03. The SMILES string of the molecule is CCCCCCCC/C=C\CCCCCCCCOCCCCCCCC/C=C\CCCCCCCC.CCNC(=O)CN. The molecular formula is C40H80N2O2. The van der Waals surface area contributed by atoms with Crippen molar-refractivity contribution in [2.75, 3.05) is 26.3 Å². The van der Waals surface area contributed by atoms with Crippen LogP contribution in [-0.4, -0.2) is 32.2 Å². The van der Waals surface area contributed by atoms with Gasteiger partial charge < -0.3 is 15.8 Å². The van der Waals surface area contributed by atoms with Crippen LogP contribution in [0.15, 0.2) is 24.3 Å². The molecule has 0 unspecified atom stereocenters. The molecule has 0 heterocycles. The summed E-state index contributed by atoms with van der Waals surface area (Å²) in [5.41, 5.74) is 4.95. The molecule has 44 heavy (non-hydrogen) atoms. The van der Waals surface area contributed by atoms with Gasteiger partial charge in [0.05, 0.1) is 6.54 Å². The molecule has 0 bridgehead atoms. The zero-order chi connectivity index (χ0) is 32.4. The van der Waals surface area contributed by atoms with Crippen molar-refractivity contribution in [3.63, 3.8) is 0 Å². The van der Waals surface area contributed by atoms with Gasteiger partial charge in [0.2, 0.25) is 5.91 Å². The minimum atomic E-state index is -0.0949. The molecule has 4 nitrogen and oxygen atoms in total. The number of ether oxygens (including phenoxy) is 1. The average molecular weight is 621 g/mol. The predicted octanol–water partition coefficient (Wildman–Crippen LogP) is 12.2. The first kappa shape index (κ1) is 45.0. The van der Waals surface area contributed by atoms with Gasteiger partial charge in [0, 0.05) is 19.8 Å². The van der Waals surface area contributed by atoms with Gasteiger partial charge in [-0.2, -0.15) is 0 Å². The Labute approximate surface area is 277 Å². The van der Waals surface area contributed by atoms with Gasteiger partial charge in [0.15, 0.2) is 0 Å². The maximum Gasteiger partial charge on any atom is 0.233 e. The van der Waals surface area contributed by atoms with Crippen molar-refractivity contribution in [3.8, 4) is 0 Å². The van der Waals surface area contributed by atoms with Crippen molar-refractivity contribution in [1.82, 2.24) is 5.32 Å². The number of unbranched alkanes of at least 4 members (excludes halogenated alkanes) is 24. The standard InChI is InChI=1S/C36H70O.C4H10N2O/c1-3-5-7-9-11-13-15-17-19-21-23-25-27-29-31-33-35-37-36-34-32-30-28-26-24-22-20-18-16-14-12-10-8-6-4-2;1-2-6-4(7)3-5/h17-20H,3-16,21-36H2,1-2H3;2-3,5H2,1H3,(H,6,7)/b19-17-,20-18-;. The number of hydrogen-bond donors (Lipinski definition) is 2. The van der Waals surface area contributed by atoms with Crippen LogP contribution >= 0.6 is 0 Å². The zero-order valence-electron chi connectivity index (χ0n) is 30.3. The van der Waals surface area contributed by atoms with Gasteiger partial charge >= 0.3 is 0 Å². The van der Waals surface area contributed by atoms with Gasteiger partial charge in [-0.1, -0.05) is 154 Å². The van der Waals surface area contributed by atoms with E-state index in [1.807, 2.05) is 6.92 Å². The second-order valence-corrected chi connectivity index (χ2v) is 12.6. The van der Waals surface area contributed by atoms with E-state index in [0.29, 0.717) is 6.54 Å². The monoisotopic (exact) mass is 621 g/mol. The highest BCUT2D eigenvalue weighted by Gasteiger charge is 1.95. The van der Waals surface area contributed by atoms with E-state index in [4.69, 9.17) is 10.5 Å². The Morgan fingerprint density at radius 1 is 0.477 bits per heavy atom. The van der Waals surface area contributed by atoms with Crippen LogP contribution in [0.5, 0.6) is 0 Å². The van der Waals surface area contributed by atoms with E-state index in [2.05, 4.69) is 43.5 Å². The lowest BCUT2D eigenvalue weighted by atomic mass is 10.1. The summed E-state index contributed by atoms with van der Waals surface area (Å²) in [5.74, 6) is -0.0949. The van der Waals surface area contributed by atoms with Crippen LogP contribution < -0.4 is 11.1 Å². The highest BCUT2D eigenvalue weighted by Crippen LogP contribution is 2.12. The summed E-state index contributed by atoms with van der Waals surface area (Å²) >= 11 is 0. The summed E-state index contributed by atoms with van der Waals surface area (Å²) in [6, 6.07) is 0. The maximum atomic E-state index is 10.2. The molecule has 0 atom stereocenters. The number of allylic oxidation sites excluding steroid dienone is 4. The third kappa shape index (κ3) is 45.3. The van der Waals surface area contributed by atoms with Crippen LogP contribution in [0, 0.1) is 0 Å². The molecule has 0 aromatic rings. The molecule has 0 saturated heterocycles. The minimum Gasteiger partial charge on any atom is -0.381 e. The fourth-order valence-electron chi connectivity index (χ4n) is 5.27. The van der Waals surface area contributed by atoms with Gasteiger partial charge in [-0.25, -0.2) is 0 Å². The number of hydrogen-bond acceptors (Lipinski definition) is 3. The third-order valence-corrected chi connectivity index (χ3v) is 8.16. The summed E-state index contributed by atoms with van der Waals surface area (Å²) < 4.78 is 5.85. The second-order valence-electron chi connectivity index (χ2n) is 12.6. The van der Waals surface area contributed by atoms with Gasteiger partial charge in [-0.15, -0.1) is 0 Å². The first-order valence-corrected chi connectivity index (χ1v) is 19.6. The lowest BCUT2D eigenvalue weighted by Gasteiger charge is -2.05. The van der Waals surface area contributed by atoms with Gasteiger partial charge in [-0.3, -0.25) is 4.79 Å². The fourth-order valence-corrected chi connectivity index (χ4v) is 5.27. The Morgan fingerprint density at radius 3 is 1.05 bits per heavy atom. The van der Waals surface area contributed by atoms with Crippen molar-refractivity contribution < 1.29 is 9.53 Å². The van der Waals surface area contributed by atoms with E-state index < -0.39 is 0 Å². The van der Waals surface area contributed by atoms with Crippen LogP contribution in [0.3, 0.4) is 0 Å². The Hall–Kier alpha value is -1.13. The van der Waals surface area contributed by atoms with E-state index in [1.54, 1.807) is 0 Å². The van der Waals surface area contributed by atoms with Crippen molar-refractivity contribution in [2.24, 2.45) is 5.73 Å². The number of carbonyl (C=O) groups is 1. The van der Waals surface area contributed by atoms with Gasteiger partial charge in [0.25, 0.3) is 0 Å². The first-order valence-electron chi connectivity index (χ1n) is 19.6. The molecule has 0 saturated carbocycles. The normalized spacial score (nSPS) is 11.4. The predicted molar refractivity (Wildman–Crippen MR) is 197 cm³/mol. The molecule has 0 aromatic heterocycles. The van der Waals surface area contributed by atoms with Crippen molar-refractivity contribution in [2.45, 2.75) is 201 Å². The Morgan fingerprint density at radius 2 is 0.773 bits per heavy atom. The molecular weight excluding hydrogens is 540 g/mol. The van der Waals surface area contributed by atoms with E-state index >= 15 is 0 Å². The molecule has 3 N–H and O–H groups in total. The lowest BCUT2D eigenvalue weighted by molar-refractivity contribution is -0.119. The van der Waals surface area contributed by atoms with Crippen LogP contribution in [-0.2, 0) is 9.53 Å². The number of rotatable bonds is 34. The Bertz CT molecular complexity index is 536. The molecule has 0 fully saturated rings. The highest BCUT2D eigenvalue weighted by atomic mass is 16.5. The van der Waals surface area contributed by atoms with Crippen molar-refractivity contribution >= 4 is 5.91 Å². The summed E-state index contributed by atoms with van der Waals surface area (Å²) in [6.45, 7) is 9.15. The molecule has 0 radical (unpaired) electrons. The molecule has 0 aliphatic carbocycles. The smallest absolute Gasteiger partial charge is 0.233 e. The topological polar surface area (TPSA) is 64.3 Å². The van der Waals surface area contributed by atoms with Crippen molar-refractivity contribution in [1.29, 1.82) is 0 Å². The van der Waals surface area contributed by atoms with Gasteiger partial charge in [0.1, 0.15) is 0 Å². The summed E-state index contributed by atoms with van der Waals surface area (Å²) in [4.78, 5) is 10.2. The molecule has 0 aliphatic rings. The summed E-state index contributed by atoms with van der Waals surface area (Å²) in [7, 11) is 0. The molecule has 262 valence electrons. The molecule has 0 aromatic carbocycles.